The maximum Gasteiger partial charge on any atom is 0.261 e. The maximum atomic E-state index is 11.9. The Morgan fingerprint density at radius 2 is 2.32 bits per heavy atom. The van der Waals surface area contributed by atoms with Crippen LogP contribution in [0, 0.1) is 11.3 Å². The summed E-state index contributed by atoms with van der Waals surface area (Å²) in [6, 6.07) is 7.81. The van der Waals surface area contributed by atoms with Gasteiger partial charge < -0.3 is 15.0 Å². The number of ether oxygens (including phenoxy) is 1. The number of aromatic nitrogens is 5. The molecule has 11 nitrogen and oxygen atoms in total. The van der Waals surface area contributed by atoms with E-state index in [0.717, 1.165) is 18.8 Å². The summed E-state index contributed by atoms with van der Waals surface area (Å²) in [5, 5.41) is 16.9. The molecule has 0 unspecified atom stereocenters. The van der Waals surface area contributed by atoms with Gasteiger partial charge in [-0.05, 0) is 24.6 Å². The Bertz CT molecular complexity index is 1190. The number of carbonyl (C=O) groups excluding carboxylic acids is 1. The molecule has 1 fully saturated rings. The molecule has 1 aliphatic rings. The van der Waals surface area contributed by atoms with E-state index >= 15 is 0 Å². The molecular formula is C19H18IN9O2. The van der Waals surface area contributed by atoms with Gasteiger partial charge in [0.2, 0.25) is 11.8 Å². The van der Waals surface area contributed by atoms with Crippen molar-refractivity contribution in [3.8, 4) is 11.9 Å². The van der Waals surface area contributed by atoms with Crippen LogP contribution in [-0.4, -0.2) is 56.7 Å². The molecule has 1 aliphatic heterocycles. The molecule has 12 heteroatoms. The number of nitrogens with one attached hydrogen (secondary N) is 1. The molecule has 0 spiro atoms. The van der Waals surface area contributed by atoms with Crippen molar-refractivity contribution >= 4 is 52.1 Å². The van der Waals surface area contributed by atoms with Crippen LogP contribution >= 0.6 is 22.9 Å². The Hall–Kier alpha value is -3.47. The number of nitriles is 1. The summed E-state index contributed by atoms with van der Waals surface area (Å²) in [6.45, 7) is 4.98. The number of halogens is 1. The van der Waals surface area contributed by atoms with E-state index < -0.39 is 0 Å². The lowest BCUT2D eigenvalue weighted by Gasteiger charge is -2.19. The van der Waals surface area contributed by atoms with Gasteiger partial charge in [0.05, 0.1) is 36.2 Å². The number of anilines is 3. The fourth-order valence-corrected chi connectivity index (χ4v) is 3.72. The Balaban J connectivity index is 1.53. The second-order valence-corrected chi connectivity index (χ2v) is 7.66. The van der Waals surface area contributed by atoms with Crippen molar-refractivity contribution in [1.29, 1.82) is 5.26 Å². The molecule has 158 valence electrons. The van der Waals surface area contributed by atoms with Gasteiger partial charge in [0.1, 0.15) is 17.5 Å². The summed E-state index contributed by atoms with van der Waals surface area (Å²) in [7, 11) is 1.47. The second kappa shape index (κ2) is 8.72. The monoisotopic (exact) mass is 531 g/mol. The number of carbonyl (C=O) groups is 1. The zero-order valence-corrected chi connectivity index (χ0v) is 18.7. The Labute approximate surface area is 191 Å². The van der Waals surface area contributed by atoms with Crippen LogP contribution in [0.15, 0.2) is 37.1 Å². The SMILES string of the molecule is C=CC(=O)N(I)c1nc2cccc(N3CC[C@@H](Nc4ncc(C#N)c(OC)n4)C3)n2n1. The molecule has 0 radical (unpaired) electrons. The average Bonchev–Trinajstić information content (AvgIpc) is 3.44. The molecule has 31 heavy (non-hydrogen) atoms. The first-order valence-electron chi connectivity index (χ1n) is 9.34. The van der Waals surface area contributed by atoms with Gasteiger partial charge in [-0.15, -0.1) is 5.10 Å². The molecule has 1 amide bonds. The first-order valence-corrected chi connectivity index (χ1v) is 10.3. The number of fused-ring (bicyclic) bond motifs is 1. The molecule has 0 saturated carbocycles. The summed E-state index contributed by atoms with van der Waals surface area (Å²) in [5.41, 5.74) is 0.927. The van der Waals surface area contributed by atoms with Gasteiger partial charge in [-0.2, -0.15) is 19.7 Å². The standard InChI is InChI=1S/C19H18IN9O2/c1-3-16(30)28(20)19-24-14-5-4-6-15(29(14)26-19)27-8-7-13(11-27)23-18-22-10-12(9-21)17(25-18)31-2/h3-6,10,13H,1,7-8,11H2,2H3,(H,22,23,25)/t13-/m1/s1. The molecule has 0 aromatic carbocycles. The van der Waals surface area contributed by atoms with Gasteiger partial charge in [0.15, 0.2) is 5.65 Å². The van der Waals surface area contributed by atoms with Crippen molar-refractivity contribution in [3.63, 3.8) is 0 Å². The molecular weight excluding hydrogens is 513 g/mol. The van der Waals surface area contributed by atoms with Crippen molar-refractivity contribution < 1.29 is 9.53 Å². The molecule has 4 rings (SSSR count). The Morgan fingerprint density at radius 3 is 3.06 bits per heavy atom. The van der Waals surface area contributed by atoms with E-state index in [1.807, 2.05) is 47.1 Å². The van der Waals surface area contributed by atoms with Crippen LogP contribution in [0.25, 0.3) is 5.65 Å². The van der Waals surface area contributed by atoms with Crippen molar-refractivity contribution in [3.05, 3.63) is 42.6 Å². The van der Waals surface area contributed by atoms with Crippen LogP contribution in [0.4, 0.5) is 17.7 Å². The number of amides is 1. The van der Waals surface area contributed by atoms with Gasteiger partial charge in [-0.25, -0.2) is 8.10 Å². The molecule has 3 aromatic heterocycles. The maximum absolute atomic E-state index is 11.9. The zero-order chi connectivity index (χ0) is 22.0. The van der Waals surface area contributed by atoms with Gasteiger partial charge in [-0.1, -0.05) is 12.6 Å². The predicted molar refractivity (Wildman–Crippen MR) is 122 cm³/mol. The first kappa shape index (κ1) is 20.8. The highest BCUT2D eigenvalue weighted by Gasteiger charge is 2.26. The van der Waals surface area contributed by atoms with E-state index in [1.165, 1.54) is 22.5 Å². The molecule has 1 atom stereocenters. The normalized spacial score (nSPS) is 15.5. The zero-order valence-electron chi connectivity index (χ0n) is 16.6. The lowest BCUT2D eigenvalue weighted by molar-refractivity contribution is -0.112. The number of hydrogen-bond acceptors (Lipinski definition) is 9. The molecule has 0 bridgehead atoms. The summed E-state index contributed by atoms with van der Waals surface area (Å²) in [6.07, 6.45) is 3.52. The van der Waals surface area contributed by atoms with Crippen molar-refractivity contribution in [2.45, 2.75) is 12.5 Å². The highest BCUT2D eigenvalue weighted by atomic mass is 127. The van der Waals surface area contributed by atoms with E-state index in [-0.39, 0.29) is 23.4 Å². The first-order chi connectivity index (χ1) is 15.0. The topological polar surface area (TPSA) is 125 Å². The van der Waals surface area contributed by atoms with E-state index in [4.69, 9.17) is 10.00 Å². The highest BCUT2D eigenvalue weighted by Crippen LogP contribution is 2.25. The van der Waals surface area contributed by atoms with E-state index in [1.54, 1.807) is 4.52 Å². The minimum atomic E-state index is -0.290. The number of hydrogen-bond donors (Lipinski definition) is 1. The van der Waals surface area contributed by atoms with Crippen molar-refractivity contribution in [2.75, 3.05) is 33.5 Å². The van der Waals surface area contributed by atoms with Gasteiger partial charge in [0, 0.05) is 19.1 Å². The Morgan fingerprint density at radius 1 is 1.48 bits per heavy atom. The van der Waals surface area contributed by atoms with Crippen LogP contribution in [0.3, 0.4) is 0 Å². The quantitative estimate of drug-likeness (QED) is 0.289. The van der Waals surface area contributed by atoms with E-state index in [0.29, 0.717) is 24.1 Å². The van der Waals surface area contributed by atoms with Gasteiger partial charge >= 0.3 is 0 Å². The fourth-order valence-electron chi connectivity index (χ4n) is 3.32. The van der Waals surface area contributed by atoms with Crippen LogP contribution in [-0.2, 0) is 4.79 Å². The van der Waals surface area contributed by atoms with Crippen LogP contribution in [0.2, 0.25) is 0 Å². The third kappa shape index (κ3) is 4.08. The van der Waals surface area contributed by atoms with Crippen LogP contribution < -0.4 is 18.1 Å². The minimum absolute atomic E-state index is 0.0966. The lowest BCUT2D eigenvalue weighted by Crippen LogP contribution is -2.28. The molecule has 1 saturated heterocycles. The lowest BCUT2D eigenvalue weighted by atomic mass is 10.3. The number of rotatable bonds is 6. The Kier molecular flexibility index (Phi) is 5.85. The van der Waals surface area contributed by atoms with Gasteiger partial charge in [-0.3, -0.25) is 4.79 Å². The molecule has 3 aromatic rings. The number of pyridine rings is 1. The largest absolute Gasteiger partial charge is 0.480 e. The van der Waals surface area contributed by atoms with Crippen LogP contribution in [0.1, 0.15) is 12.0 Å². The summed E-state index contributed by atoms with van der Waals surface area (Å²) in [4.78, 5) is 27.0. The van der Waals surface area contributed by atoms with Crippen molar-refractivity contribution in [2.24, 2.45) is 0 Å². The minimum Gasteiger partial charge on any atom is -0.480 e. The van der Waals surface area contributed by atoms with Crippen LogP contribution in [0.5, 0.6) is 5.88 Å². The summed E-state index contributed by atoms with van der Waals surface area (Å²) >= 11 is 1.86. The number of nitrogens with zero attached hydrogens (tertiary/aromatic N) is 8. The molecule has 0 aliphatic carbocycles. The smallest absolute Gasteiger partial charge is 0.261 e. The summed E-state index contributed by atoms with van der Waals surface area (Å²) < 4.78 is 8.20. The second-order valence-electron chi connectivity index (χ2n) is 6.69. The van der Waals surface area contributed by atoms with Crippen molar-refractivity contribution in [1.82, 2.24) is 24.6 Å². The molecule has 4 heterocycles. The molecule has 1 N–H and O–H groups in total. The highest BCUT2D eigenvalue weighted by molar-refractivity contribution is 14.1. The van der Waals surface area contributed by atoms with Gasteiger partial charge in [0.25, 0.3) is 11.9 Å². The van der Waals surface area contributed by atoms with E-state index in [9.17, 15) is 4.79 Å². The average molecular weight is 531 g/mol. The third-order valence-electron chi connectivity index (χ3n) is 4.79. The summed E-state index contributed by atoms with van der Waals surface area (Å²) in [5.74, 6) is 1.53. The predicted octanol–water partition coefficient (Wildman–Crippen LogP) is 1.96. The fraction of sp³-hybridized carbons (Fsp3) is 0.263. The third-order valence-corrected chi connectivity index (χ3v) is 5.69. The van der Waals surface area contributed by atoms with E-state index in [2.05, 4.69) is 36.8 Å². The number of methoxy groups -OCH3 is 1.